The summed E-state index contributed by atoms with van der Waals surface area (Å²) >= 11 is 0. The van der Waals surface area contributed by atoms with Gasteiger partial charge in [0, 0.05) is 26.1 Å². The van der Waals surface area contributed by atoms with Gasteiger partial charge in [-0.25, -0.2) is 4.79 Å². The van der Waals surface area contributed by atoms with Crippen molar-refractivity contribution in [2.75, 3.05) is 26.7 Å². The molecule has 7 heteroatoms. The molecule has 0 aromatic heterocycles. The van der Waals surface area contributed by atoms with Crippen LogP contribution < -0.4 is 5.32 Å². The molecule has 1 aliphatic rings. The molecule has 0 bridgehead atoms. The molecule has 0 saturated carbocycles. The lowest BCUT2D eigenvalue weighted by atomic mass is 10.1. The van der Waals surface area contributed by atoms with Crippen molar-refractivity contribution in [3.8, 4) is 0 Å². The number of aliphatic carboxylic acids is 1. The number of ether oxygens (including phenoxy) is 1. The summed E-state index contributed by atoms with van der Waals surface area (Å²) in [6.07, 6.45) is 1.04. The fraction of sp³-hybridized carbons (Fsp3) is 0.727. The van der Waals surface area contributed by atoms with E-state index in [0.717, 1.165) is 0 Å². The topological polar surface area (TPSA) is 95.9 Å². The first-order valence-corrected chi connectivity index (χ1v) is 5.87. The molecule has 0 aliphatic carbocycles. The van der Waals surface area contributed by atoms with Crippen LogP contribution in [-0.4, -0.2) is 54.7 Å². The van der Waals surface area contributed by atoms with Gasteiger partial charge in [-0.05, 0) is 12.8 Å². The second-order valence-corrected chi connectivity index (χ2v) is 4.18. The maximum absolute atomic E-state index is 11.7. The van der Waals surface area contributed by atoms with E-state index in [0.29, 0.717) is 32.5 Å². The van der Waals surface area contributed by atoms with E-state index in [4.69, 9.17) is 5.11 Å². The molecule has 7 nitrogen and oxygen atoms in total. The predicted molar refractivity (Wildman–Crippen MR) is 62.0 cm³/mol. The lowest BCUT2D eigenvalue weighted by Crippen LogP contribution is -2.39. The second-order valence-electron chi connectivity index (χ2n) is 4.18. The molecule has 2 amide bonds. The number of likely N-dealkylation sites (tertiary alicyclic amines) is 1. The summed E-state index contributed by atoms with van der Waals surface area (Å²) in [4.78, 5) is 34.8. The summed E-state index contributed by atoms with van der Waals surface area (Å²) in [6, 6.07) is -0.258. The molecule has 18 heavy (non-hydrogen) atoms. The predicted octanol–water partition coefficient (Wildman–Crippen LogP) is 0.0557. The van der Waals surface area contributed by atoms with Crippen LogP contribution in [0.15, 0.2) is 0 Å². The van der Waals surface area contributed by atoms with E-state index < -0.39 is 5.97 Å². The Hall–Kier alpha value is -1.79. The highest BCUT2D eigenvalue weighted by atomic mass is 16.5. The van der Waals surface area contributed by atoms with Crippen molar-refractivity contribution in [3.05, 3.63) is 0 Å². The summed E-state index contributed by atoms with van der Waals surface area (Å²) in [5.74, 6) is -1.42. The van der Waals surface area contributed by atoms with Crippen LogP contribution in [0.2, 0.25) is 0 Å². The third kappa shape index (κ3) is 4.23. The number of nitrogens with one attached hydrogen (secondary N) is 1. The van der Waals surface area contributed by atoms with Gasteiger partial charge in [0.15, 0.2) is 0 Å². The SMILES string of the molecule is COC(=O)C1CCN(C(=O)NCCCC(=O)O)C1. The van der Waals surface area contributed by atoms with Gasteiger partial charge in [0.05, 0.1) is 13.0 Å². The Morgan fingerprint density at radius 2 is 2.17 bits per heavy atom. The van der Waals surface area contributed by atoms with Crippen LogP contribution in [0.5, 0.6) is 0 Å². The smallest absolute Gasteiger partial charge is 0.317 e. The van der Waals surface area contributed by atoms with E-state index in [2.05, 4.69) is 10.1 Å². The number of methoxy groups -OCH3 is 1. The third-order valence-corrected chi connectivity index (χ3v) is 2.85. The highest BCUT2D eigenvalue weighted by Gasteiger charge is 2.31. The Bertz CT molecular complexity index is 331. The molecule has 1 heterocycles. The Morgan fingerprint density at radius 1 is 1.44 bits per heavy atom. The van der Waals surface area contributed by atoms with Gasteiger partial charge in [-0.1, -0.05) is 0 Å². The first kappa shape index (κ1) is 14.3. The fourth-order valence-corrected chi connectivity index (χ4v) is 1.85. The Balaban J connectivity index is 2.23. The Kier molecular flexibility index (Phi) is 5.41. The number of carboxylic acid groups (broad SMARTS) is 1. The molecule has 0 aromatic rings. The molecule has 0 radical (unpaired) electrons. The lowest BCUT2D eigenvalue weighted by Gasteiger charge is -2.16. The van der Waals surface area contributed by atoms with Gasteiger partial charge in [-0.3, -0.25) is 9.59 Å². The summed E-state index contributed by atoms with van der Waals surface area (Å²) in [5.41, 5.74) is 0. The van der Waals surface area contributed by atoms with Crippen molar-refractivity contribution in [1.29, 1.82) is 0 Å². The minimum Gasteiger partial charge on any atom is -0.481 e. The number of amides is 2. The zero-order chi connectivity index (χ0) is 13.5. The molecule has 1 fully saturated rings. The number of hydrogen-bond acceptors (Lipinski definition) is 4. The average molecular weight is 258 g/mol. The highest BCUT2D eigenvalue weighted by molar-refractivity contribution is 5.78. The average Bonchev–Trinajstić information content (AvgIpc) is 2.82. The van der Waals surface area contributed by atoms with Gasteiger partial charge in [-0.2, -0.15) is 0 Å². The maximum atomic E-state index is 11.7. The number of esters is 1. The standard InChI is InChI=1S/C11H18N2O5/c1-18-10(16)8-4-6-13(7-8)11(17)12-5-2-3-9(14)15/h8H,2-7H2,1H3,(H,12,17)(H,14,15). The molecule has 1 rings (SSSR count). The van der Waals surface area contributed by atoms with Crippen LogP contribution >= 0.6 is 0 Å². The van der Waals surface area contributed by atoms with E-state index >= 15 is 0 Å². The van der Waals surface area contributed by atoms with E-state index in [1.54, 1.807) is 4.90 Å². The van der Waals surface area contributed by atoms with Crippen LogP contribution in [0.4, 0.5) is 4.79 Å². The fourth-order valence-electron chi connectivity index (χ4n) is 1.85. The minimum absolute atomic E-state index is 0.0328. The normalized spacial score (nSPS) is 18.5. The monoisotopic (exact) mass is 258 g/mol. The number of carbonyl (C=O) groups excluding carboxylic acids is 2. The minimum atomic E-state index is -0.879. The molecule has 1 aliphatic heterocycles. The van der Waals surface area contributed by atoms with Gasteiger partial charge in [0.2, 0.25) is 0 Å². The van der Waals surface area contributed by atoms with E-state index in [9.17, 15) is 14.4 Å². The zero-order valence-corrected chi connectivity index (χ0v) is 10.3. The van der Waals surface area contributed by atoms with E-state index in [1.165, 1.54) is 7.11 Å². The molecule has 0 aromatic carbocycles. The molecule has 2 N–H and O–H groups in total. The molecular formula is C11H18N2O5. The molecular weight excluding hydrogens is 240 g/mol. The van der Waals surface area contributed by atoms with E-state index in [1.807, 2.05) is 0 Å². The number of nitrogens with zero attached hydrogens (tertiary/aromatic N) is 1. The number of rotatable bonds is 5. The van der Waals surface area contributed by atoms with E-state index in [-0.39, 0.29) is 24.3 Å². The molecule has 102 valence electrons. The van der Waals surface area contributed by atoms with Gasteiger partial charge in [-0.15, -0.1) is 0 Å². The first-order chi connectivity index (χ1) is 8.54. The van der Waals surface area contributed by atoms with Crippen molar-refractivity contribution < 1.29 is 24.2 Å². The number of hydrogen-bond donors (Lipinski definition) is 2. The van der Waals surface area contributed by atoms with Crippen molar-refractivity contribution in [2.24, 2.45) is 5.92 Å². The lowest BCUT2D eigenvalue weighted by molar-refractivity contribution is -0.144. The number of carbonyl (C=O) groups is 3. The first-order valence-electron chi connectivity index (χ1n) is 5.87. The van der Waals surface area contributed by atoms with Gasteiger partial charge in [0.25, 0.3) is 0 Å². The third-order valence-electron chi connectivity index (χ3n) is 2.85. The largest absolute Gasteiger partial charge is 0.481 e. The van der Waals surface area contributed by atoms with Gasteiger partial charge >= 0.3 is 18.0 Å². The summed E-state index contributed by atoms with van der Waals surface area (Å²) < 4.78 is 4.62. The summed E-state index contributed by atoms with van der Waals surface area (Å²) in [6.45, 7) is 1.20. The van der Waals surface area contributed by atoms with Crippen LogP contribution in [0, 0.1) is 5.92 Å². The molecule has 0 spiro atoms. The van der Waals surface area contributed by atoms with Gasteiger partial charge in [0.1, 0.15) is 0 Å². The van der Waals surface area contributed by atoms with Crippen molar-refractivity contribution in [1.82, 2.24) is 10.2 Å². The molecule has 1 saturated heterocycles. The Morgan fingerprint density at radius 3 is 2.78 bits per heavy atom. The van der Waals surface area contributed by atoms with Crippen LogP contribution in [0.25, 0.3) is 0 Å². The van der Waals surface area contributed by atoms with Gasteiger partial charge < -0.3 is 20.1 Å². The molecule has 1 unspecified atom stereocenters. The summed E-state index contributed by atoms with van der Waals surface area (Å²) in [7, 11) is 1.33. The quantitative estimate of drug-likeness (QED) is 0.537. The zero-order valence-electron chi connectivity index (χ0n) is 10.3. The Labute approximate surface area is 105 Å². The highest BCUT2D eigenvalue weighted by Crippen LogP contribution is 2.17. The van der Waals surface area contributed by atoms with Crippen molar-refractivity contribution in [3.63, 3.8) is 0 Å². The van der Waals surface area contributed by atoms with Crippen LogP contribution in [-0.2, 0) is 14.3 Å². The van der Waals surface area contributed by atoms with Crippen molar-refractivity contribution in [2.45, 2.75) is 19.3 Å². The van der Waals surface area contributed by atoms with Crippen molar-refractivity contribution >= 4 is 18.0 Å². The number of carboxylic acids is 1. The second kappa shape index (κ2) is 6.83. The van der Waals surface area contributed by atoms with Crippen LogP contribution in [0.3, 0.4) is 0 Å². The number of urea groups is 1. The maximum Gasteiger partial charge on any atom is 0.317 e. The summed E-state index contributed by atoms with van der Waals surface area (Å²) in [5, 5.41) is 11.1. The van der Waals surface area contributed by atoms with Crippen LogP contribution in [0.1, 0.15) is 19.3 Å². The molecule has 1 atom stereocenters.